The molecule has 2 amide bonds. The van der Waals surface area contributed by atoms with Crippen molar-refractivity contribution in [2.45, 2.75) is 18.9 Å². The van der Waals surface area contributed by atoms with Gasteiger partial charge in [0.2, 0.25) is 0 Å². The molecule has 2 aliphatic rings. The summed E-state index contributed by atoms with van der Waals surface area (Å²) in [6.45, 7) is 1.53. The third-order valence-corrected chi connectivity index (χ3v) is 3.39. The van der Waals surface area contributed by atoms with Crippen LogP contribution in [-0.4, -0.2) is 65.8 Å². The molecule has 1 aliphatic heterocycles. The Balaban J connectivity index is 2.04. The van der Waals surface area contributed by atoms with Crippen molar-refractivity contribution >= 4 is 12.0 Å². The summed E-state index contributed by atoms with van der Waals surface area (Å²) in [5, 5.41) is 9.13. The van der Waals surface area contributed by atoms with Gasteiger partial charge in [0.25, 0.3) is 0 Å². The fourth-order valence-corrected chi connectivity index (χ4v) is 2.15. The molecule has 0 aromatic rings. The molecular formula is C13H18N2O4. The Bertz CT molecular complexity index is 400. The first-order valence-electron chi connectivity index (χ1n) is 6.43. The van der Waals surface area contributed by atoms with Crippen LogP contribution < -0.4 is 0 Å². The van der Waals surface area contributed by atoms with Gasteiger partial charge in [-0.15, -0.1) is 6.42 Å². The van der Waals surface area contributed by atoms with Crippen LogP contribution in [0, 0.1) is 18.3 Å². The maximum absolute atomic E-state index is 12.4. The molecule has 0 aromatic carbocycles. The summed E-state index contributed by atoms with van der Waals surface area (Å²) in [4.78, 5) is 26.5. The molecule has 1 N–H and O–H groups in total. The Morgan fingerprint density at radius 1 is 1.47 bits per heavy atom. The van der Waals surface area contributed by atoms with E-state index >= 15 is 0 Å². The molecule has 2 rings (SSSR count). The normalized spacial score (nSPS) is 22.7. The molecule has 104 valence electrons. The van der Waals surface area contributed by atoms with E-state index in [0.717, 1.165) is 12.8 Å². The number of terminal acetylenes is 1. The maximum Gasteiger partial charge on any atom is 0.328 e. The van der Waals surface area contributed by atoms with Crippen molar-refractivity contribution in [3.63, 3.8) is 0 Å². The van der Waals surface area contributed by atoms with Crippen molar-refractivity contribution in [3.8, 4) is 12.3 Å². The van der Waals surface area contributed by atoms with E-state index in [4.69, 9.17) is 16.3 Å². The summed E-state index contributed by atoms with van der Waals surface area (Å²) in [6.07, 6.45) is 7.51. The third-order valence-electron chi connectivity index (χ3n) is 3.39. The van der Waals surface area contributed by atoms with Crippen LogP contribution in [-0.2, 0) is 9.53 Å². The highest BCUT2D eigenvalue weighted by Gasteiger charge is 2.36. The van der Waals surface area contributed by atoms with Crippen molar-refractivity contribution < 1.29 is 19.4 Å². The van der Waals surface area contributed by atoms with Gasteiger partial charge in [-0.05, 0) is 18.8 Å². The predicted octanol–water partition coefficient (Wildman–Crippen LogP) is 0.237. The summed E-state index contributed by atoms with van der Waals surface area (Å²) >= 11 is 0. The summed E-state index contributed by atoms with van der Waals surface area (Å²) in [7, 11) is 0. The number of urea groups is 1. The molecule has 1 saturated heterocycles. The number of carbonyl (C=O) groups is 2. The van der Waals surface area contributed by atoms with Gasteiger partial charge in [0.1, 0.15) is 0 Å². The number of carbonyl (C=O) groups excluding carboxylic acids is 1. The standard InChI is InChI=1S/C13H18N2O4/c1-2-5-14(8-10-3-4-10)13(18)15-6-7-19-9-11(15)12(16)17/h1,10-11H,3-9H2,(H,16,17). The summed E-state index contributed by atoms with van der Waals surface area (Å²) in [5.41, 5.74) is 0. The Labute approximate surface area is 112 Å². The van der Waals surface area contributed by atoms with E-state index in [1.54, 1.807) is 4.90 Å². The quantitative estimate of drug-likeness (QED) is 0.740. The Kier molecular flexibility index (Phi) is 4.27. The summed E-state index contributed by atoms with van der Waals surface area (Å²) < 4.78 is 5.12. The second-order valence-corrected chi connectivity index (χ2v) is 4.93. The van der Waals surface area contributed by atoms with E-state index in [2.05, 4.69) is 5.92 Å². The maximum atomic E-state index is 12.4. The molecule has 0 spiro atoms. The lowest BCUT2D eigenvalue weighted by Gasteiger charge is -2.36. The molecule has 1 saturated carbocycles. The minimum atomic E-state index is -1.04. The van der Waals surface area contributed by atoms with E-state index in [-0.39, 0.29) is 19.2 Å². The van der Waals surface area contributed by atoms with E-state index in [1.807, 2.05) is 0 Å². The second kappa shape index (κ2) is 5.93. The molecule has 0 aromatic heterocycles. The molecule has 6 nitrogen and oxygen atoms in total. The molecule has 2 fully saturated rings. The van der Waals surface area contributed by atoms with Gasteiger partial charge in [-0.3, -0.25) is 0 Å². The van der Waals surface area contributed by atoms with Gasteiger partial charge in [0.15, 0.2) is 6.04 Å². The number of carboxylic acids is 1. The predicted molar refractivity (Wildman–Crippen MR) is 67.5 cm³/mol. The zero-order valence-corrected chi connectivity index (χ0v) is 10.7. The Hall–Kier alpha value is -1.74. The molecule has 1 unspecified atom stereocenters. The highest BCUT2D eigenvalue weighted by atomic mass is 16.5. The highest BCUT2D eigenvalue weighted by Crippen LogP contribution is 2.30. The molecule has 1 atom stereocenters. The van der Waals surface area contributed by atoms with Gasteiger partial charge in [-0.25, -0.2) is 9.59 Å². The first-order valence-corrected chi connectivity index (χ1v) is 6.43. The van der Waals surface area contributed by atoms with E-state index < -0.39 is 12.0 Å². The smallest absolute Gasteiger partial charge is 0.328 e. The zero-order chi connectivity index (χ0) is 13.8. The number of carboxylic acid groups (broad SMARTS) is 1. The fourth-order valence-electron chi connectivity index (χ4n) is 2.15. The van der Waals surface area contributed by atoms with Crippen molar-refractivity contribution in [2.24, 2.45) is 5.92 Å². The number of ether oxygens (including phenoxy) is 1. The zero-order valence-electron chi connectivity index (χ0n) is 10.7. The third kappa shape index (κ3) is 3.38. The van der Waals surface area contributed by atoms with Gasteiger partial charge < -0.3 is 19.6 Å². The van der Waals surface area contributed by atoms with Crippen molar-refractivity contribution in [1.82, 2.24) is 9.80 Å². The van der Waals surface area contributed by atoms with E-state index in [9.17, 15) is 9.59 Å². The van der Waals surface area contributed by atoms with E-state index in [1.165, 1.54) is 4.90 Å². The van der Waals surface area contributed by atoms with Crippen LogP contribution in [0.1, 0.15) is 12.8 Å². The number of rotatable bonds is 4. The van der Waals surface area contributed by atoms with Gasteiger partial charge in [-0.1, -0.05) is 5.92 Å². The van der Waals surface area contributed by atoms with Crippen molar-refractivity contribution in [2.75, 3.05) is 32.8 Å². The lowest BCUT2D eigenvalue weighted by Crippen LogP contribution is -2.56. The van der Waals surface area contributed by atoms with Crippen LogP contribution in [0.5, 0.6) is 0 Å². The molecule has 1 heterocycles. The van der Waals surface area contributed by atoms with E-state index in [0.29, 0.717) is 25.6 Å². The number of hydrogen-bond acceptors (Lipinski definition) is 3. The lowest BCUT2D eigenvalue weighted by atomic mass is 10.2. The Morgan fingerprint density at radius 2 is 2.21 bits per heavy atom. The monoisotopic (exact) mass is 266 g/mol. The number of nitrogens with zero attached hydrogens (tertiary/aromatic N) is 2. The first kappa shape index (κ1) is 13.7. The average Bonchev–Trinajstić information content (AvgIpc) is 3.21. The largest absolute Gasteiger partial charge is 0.480 e. The molecule has 19 heavy (non-hydrogen) atoms. The molecule has 0 radical (unpaired) electrons. The van der Waals surface area contributed by atoms with Crippen LogP contribution in [0.2, 0.25) is 0 Å². The van der Waals surface area contributed by atoms with Crippen molar-refractivity contribution in [3.05, 3.63) is 0 Å². The summed E-state index contributed by atoms with van der Waals surface area (Å²) in [6, 6.07) is -1.21. The topological polar surface area (TPSA) is 70.1 Å². The van der Waals surface area contributed by atoms with Crippen LogP contribution in [0.4, 0.5) is 4.79 Å². The second-order valence-electron chi connectivity index (χ2n) is 4.93. The molecule has 0 bridgehead atoms. The Morgan fingerprint density at radius 3 is 2.79 bits per heavy atom. The number of amides is 2. The van der Waals surface area contributed by atoms with Gasteiger partial charge in [-0.2, -0.15) is 0 Å². The minimum absolute atomic E-state index is 0.0361. The number of hydrogen-bond donors (Lipinski definition) is 1. The van der Waals surface area contributed by atoms with Crippen LogP contribution >= 0.6 is 0 Å². The summed E-state index contributed by atoms with van der Waals surface area (Å²) in [5.74, 6) is 1.94. The van der Waals surface area contributed by atoms with Gasteiger partial charge in [0.05, 0.1) is 19.8 Å². The van der Waals surface area contributed by atoms with Crippen LogP contribution in [0.15, 0.2) is 0 Å². The number of aliphatic carboxylic acids is 1. The fraction of sp³-hybridized carbons (Fsp3) is 0.692. The minimum Gasteiger partial charge on any atom is -0.480 e. The lowest BCUT2D eigenvalue weighted by molar-refractivity contribution is -0.147. The molecule has 6 heteroatoms. The first-order chi connectivity index (χ1) is 9.13. The molecule has 1 aliphatic carbocycles. The van der Waals surface area contributed by atoms with Gasteiger partial charge in [0, 0.05) is 13.1 Å². The number of morpholine rings is 1. The highest BCUT2D eigenvalue weighted by molar-refractivity contribution is 5.83. The SMILES string of the molecule is C#CCN(CC1CC1)C(=O)N1CCOCC1C(=O)O. The van der Waals surface area contributed by atoms with Crippen LogP contribution in [0.25, 0.3) is 0 Å². The van der Waals surface area contributed by atoms with Gasteiger partial charge >= 0.3 is 12.0 Å². The molecular weight excluding hydrogens is 248 g/mol. The van der Waals surface area contributed by atoms with Crippen molar-refractivity contribution in [1.29, 1.82) is 0 Å². The van der Waals surface area contributed by atoms with Crippen LogP contribution in [0.3, 0.4) is 0 Å². The average molecular weight is 266 g/mol.